The van der Waals surface area contributed by atoms with Gasteiger partial charge < -0.3 is 15.1 Å². The highest BCUT2D eigenvalue weighted by atomic mass is 19.1. The van der Waals surface area contributed by atoms with Gasteiger partial charge in [-0.3, -0.25) is 14.6 Å². The number of nitrogens with zero attached hydrogens (tertiary/aromatic N) is 1. The van der Waals surface area contributed by atoms with Gasteiger partial charge in [0.2, 0.25) is 0 Å². The van der Waals surface area contributed by atoms with Crippen LogP contribution in [0.5, 0.6) is 0 Å². The van der Waals surface area contributed by atoms with Crippen molar-refractivity contribution in [2.75, 3.05) is 5.32 Å². The normalized spacial score (nSPS) is 10.4. The van der Waals surface area contributed by atoms with Crippen molar-refractivity contribution >= 4 is 17.5 Å². The zero-order valence-electron chi connectivity index (χ0n) is 13.3. The number of pyridine rings is 1. The Morgan fingerprint density at radius 2 is 1.81 bits per heavy atom. The minimum absolute atomic E-state index is 0.0155. The number of hydrogen-bond donors (Lipinski definition) is 2. The molecule has 0 bridgehead atoms. The molecular weight excluding hydrogens is 344 g/mol. The monoisotopic (exact) mass is 357 g/mol. The van der Waals surface area contributed by atoms with Gasteiger partial charge in [0.1, 0.15) is 28.8 Å². The predicted molar refractivity (Wildman–Crippen MR) is 88.4 cm³/mol. The Morgan fingerprint density at radius 3 is 2.50 bits per heavy atom. The standard InChI is InChI=1S/C18H13F2N3O3/c19-13-4-1-5-14(20)16(13)23-17(24)11-6-7-21-15(9-11)18(25)22-10-12-3-2-8-26-12/h1-9H,10H2,(H,22,25)(H,23,24). The lowest BCUT2D eigenvalue weighted by Crippen LogP contribution is -2.24. The van der Waals surface area contributed by atoms with Crippen LogP contribution in [0, 0.1) is 11.6 Å². The van der Waals surface area contributed by atoms with Crippen molar-refractivity contribution < 1.29 is 22.8 Å². The fourth-order valence-corrected chi connectivity index (χ4v) is 2.17. The van der Waals surface area contributed by atoms with Gasteiger partial charge in [0, 0.05) is 11.8 Å². The summed E-state index contributed by atoms with van der Waals surface area (Å²) >= 11 is 0. The second-order valence-corrected chi connectivity index (χ2v) is 5.24. The molecule has 0 aliphatic carbocycles. The molecule has 2 heterocycles. The second-order valence-electron chi connectivity index (χ2n) is 5.24. The summed E-state index contributed by atoms with van der Waals surface area (Å²) in [5, 5.41) is 4.74. The lowest BCUT2D eigenvalue weighted by Gasteiger charge is -2.08. The maximum atomic E-state index is 13.6. The lowest BCUT2D eigenvalue weighted by molar-refractivity contribution is 0.0943. The Labute approximate surface area is 146 Å². The summed E-state index contributed by atoms with van der Waals surface area (Å²) in [4.78, 5) is 28.2. The van der Waals surface area contributed by atoms with Gasteiger partial charge in [-0.15, -0.1) is 0 Å². The highest BCUT2D eigenvalue weighted by Gasteiger charge is 2.16. The Bertz CT molecular complexity index is 922. The van der Waals surface area contributed by atoms with Crippen LogP contribution in [0.15, 0.2) is 59.3 Å². The van der Waals surface area contributed by atoms with E-state index in [1.165, 1.54) is 30.7 Å². The molecule has 0 fully saturated rings. The Balaban J connectivity index is 1.72. The first kappa shape index (κ1) is 17.3. The third-order valence-electron chi connectivity index (χ3n) is 3.46. The SMILES string of the molecule is O=C(Nc1c(F)cccc1F)c1ccnc(C(=O)NCc2ccco2)c1. The van der Waals surface area contributed by atoms with Gasteiger partial charge in [0.25, 0.3) is 11.8 Å². The van der Waals surface area contributed by atoms with E-state index in [1.807, 2.05) is 0 Å². The topological polar surface area (TPSA) is 84.2 Å². The van der Waals surface area contributed by atoms with Gasteiger partial charge >= 0.3 is 0 Å². The molecule has 6 nitrogen and oxygen atoms in total. The molecule has 3 aromatic rings. The average molecular weight is 357 g/mol. The van der Waals surface area contributed by atoms with Crippen LogP contribution in [-0.2, 0) is 6.54 Å². The number of rotatable bonds is 5. The van der Waals surface area contributed by atoms with Crippen LogP contribution in [0.3, 0.4) is 0 Å². The summed E-state index contributed by atoms with van der Waals surface area (Å²) in [6.45, 7) is 0.157. The molecule has 1 aromatic carbocycles. The molecule has 2 aromatic heterocycles. The molecule has 0 unspecified atom stereocenters. The van der Waals surface area contributed by atoms with Crippen LogP contribution in [0.4, 0.5) is 14.5 Å². The molecule has 0 radical (unpaired) electrons. The summed E-state index contributed by atoms with van der Waals surface area (Å²) in [7, 11) is 0. The van der Waals surface area contributed by atoms with Gasteiger partial charge in [-0.05, 0) is 36.4 Å². The first-order chi connectivity index (χ1) is 12.5. The summed E-state index contributed by atoms with van der Waals surface area (Å²) in [5.74, 6) is -2.53. The number of carbonyl (C=O) groups is 2. The van der Waals surface area contributed by atoms with Crippen molar-refractivity contribution in [1.29, 1.82) is 0 Å². The molecule has 0 saturated carbocycles. The zero-order chi connectivity index (χ0) is 18.5. The second kappa shape index (κ2) is 7.56. The highest BCUT2D eigenvalue weighted by Crippen LogP contribution is 2.19. The number of nitrogens with one attached hydrogen (secondary N) is 2. The van der Waals surface area contributed by atoms with E-state index >= 15 is 0 Å². The Hall–Kier alpha value is -3.55. The molecule has 0 saturated heterocycles. The number of amides is 2. The minimum Gasteiger partial charge on any atom is -0.467 e. The molecule has 0 spiro atoms. The number of para-hydroxylation sites is 1. The van der Waals surface area contributed by atoms with E-state index in [-0.39, 0.29) is 17.8 Å². The van der Waals surface area contributed by atoms with Gasteiger partial charge in [-0.1, -0.05) is 6.07 Å². The summed E-state index contributed by atoms with van der Waals surface area (Å²) in [5.41, 5.74) is -0.540. The minimum atomic E-state index is -0.899. The summed E-state index contributed by atoms with van der Waals surface area (Å²) in [6, 6.07) is 9.18. The molecule has 0 aliphatic heterocycles. The number of halogens is 2. The number of furan rings is 1. The molecule has 8 heteroatoms. The predicted octanol–water partition coefficient (Wildman–Crippen LogP) is 3.14. The smallest absolute Gasteiger partial charge is 0.270 e. The van der Waals surface area contributed by atoms with Crippen molar-refractivity contribution in [3.63, 3.8) is 0 Å². The quantitative estimate of drug-likeness (QED) is 0.735. The molecule has 0 aliphatic rings. The molecule has 2 amide bonds. The van der Waals surface area contributed by atoms with Crippen LogP contribution in [0.25, 0.3) is 0 Å². The van der Waals surface area contributed by atoms with E-state index in [4.69, 9.17) is 4.42 Å². The molecule has 0 atom stereocenters. The van der Waals surface area contributed by atoms with Crippen LogP contribution >= 0.6 is 0 Å². The van der Waals surface area contributed by atoms with Crippen molar-refractivity contribution in [2.45, 2.75) is 6.54 Å². The maximum Gasteiger partial charge on any atom is 0.270 e. The van der Waals surface area contributed by atoms with Crippen molar-refractivity contribution in [1.82, 2.24) is 10.3 Å². The van der Waals surface area contributed by atoms with Crippen molar-refractivity contribution in [3.05, 3.63) is 83.6 Å². The third kappa shape index (κ3) is 3.92. The van der Waals surface area contributed by atoms with E-state index in [0.717, 1.165) is 12.1 Å². The van der Waals surface area contributed by atoms with Crippen LogP contribution in [-0.4, -0.2) is 16.8 Å². The van der Waals surface area contributed by atoms with E-state index < -0.39 is 29.1 Å². The first-order valence-corrected chi connectivity index (χ1v) is 7.56. The fraction of sp³-hybridized carbons (Fsp3) is 0.0556. The van der Waals surface area contributed by atoms with Crippen molar-refractivity contribution in [2.24, 2.45) is 0 Å². The van der Waals surface area contributed by atoms with E-state index in [1.54, 1.807) is 12.1 Å². The van der Waals surface area contributed by atoms with Gasteiger partial charge in [-0.2, -0.15) is 0 Å². The lowest BCUT2D eigenvalue weighted by atomic mass is 10.2. The largest absolute Gasteiger partial charge is 0.467 e. The number of hydrogen-bond acceptors (Lipinski definition) is 4. The Kier molecular flexibility index (Phi) is 5.02. The molecule has 3 rings (SSSR count). The zero-order valence-corrected chi connectivity index (χ0v) is 13.3. The number of aromatic nitrogens is 1. The van der Waals surface area contributed by atoms with E-state index in [0.29, 0.717) is 5.76 Å². The maximum absolute atomic E-state index is 13.6. The molecule has 2 N–H and O–H groups in total. The number of carbonyl (C=O) groups excluding carboxylic acids is 2. The Morgan fingerprint density at radius 1 is 1.04 bits per heavy atom. The van der Waals surface area contributed by atoms with Gasteiger partial charge in [0.05, 0.1) is 12.8 Å². The third-order valence-corrected chi connectivity index (χ3v) is 3.46. The van der Waals surface area contributed by atoms with Crippen LogP contribution in [0.1, 0.15) is 26.6 Å². The number of anilines is 1. The summed E-state index contributed by atoms with van der Waals surface area (Å²) in [6.07, 6.45) is 2.74. The van der Waals surface area contributed by atoms with E-state index in [9.17, 15) is 18.4 Å². The summed E-state index contributed by atoms with van der Waals surface area (Å²) < 4.78 is 32.4. The first-order valence-electron chi connectivity index (χ1n) is 7.56. The molecule has 26 heavy (non-hydrogen) atoms. The highest BCUT2D eigenvalue weighted by molar-refractivity contribution is 6.05. The number of benzene rings is 1. The molecular formula is C18H13F2N3O3. The fourth-order valence-electron chi connectivity index (χ4n) is 2.17. The average Bonchev–Trinajstić information content (AvgIpc) is 3.16. The molecule has 132 valence electrons. The van der Waals surface area contributed by atoms with E-state index in [2.05, 4.69) is 15.6 Å². The van der Waals surface area contributed by atoms with Gasteiger partial charge in [0.15, 0.2) is 0 Å². The van der Waals surface area contributed by atoms with Crippen LogP contribution in [0.2, 0.25) is 0 Å². The van der Waals surface area contributed by atoms with Crippen LogP contribution < -0.4 is 10.6 Å². The van der Waals surface area contributed by atoms with Gasteiger partial charge in [-0.25, -0.2) is 8.78 Å². The van der Waals surface area contributed by atoms with Crippen molar-refractivity contribution in [3.8, 4) is 0 Å².